The Bertz CT molecular complexity index is 2630. The molecule has 0 heterocycles. The molecule has 0 aromatic heterocycles. The average molecular weight is 1520 g/mol. The van der Waals surface area contributed by atoms with E-state index in [1.807, 2.05) is 36.5 Å². The lowest BCUT2D eigenvalue weighted by Crippen LogP contribution is -2.30. The molecule has 0 aliphatic rings. The van der Waals surface area contributed by atoms with E-state index in [-0.39, 0.29) is 25.7 Å². The fraction of sp³-hybridized carbons (Fsp3) is 0.655. The highest BCUT2D eigenvalue weighted by Gasteiger charge is 2.30. The molecule has 0 aromatic carbocycles. The first-order valence-electron chi connectivity index (χ1n) is 40.7. The van der Waals surface area contributed by atoms with E-state index in [0.29, 0.717) is 38.5 Å². The average Bonchev–Trinajstić information content (AvgIpc) is 0.902. The van der Waals surface area contributed by atoms with Gasteiger partial charge in [0.15, 0.2) is 12.2 Å². The van der Waals surface area contributed by atoms with Gasteiger partial charge in [0.1, 0.15) is 19.3 Å². The third kappa shape index (κ3) is 76.9. The summed E-state index contributed by atoms with van der Waals surface area (Å²) in [4.78, 5) is 73.0. The highest BCUT2D eigenvalue weighted by molar-refractivity contribution is 7.47. The molecule has 19 heteroatoms. The van der Waals surface area contributed by atoms with Crippen LogP contribution in [0.1, 0.15) is 310 Å². The summed E-state index contributed by atoms with van der Waals surface area (Å²) in [6.07, 6.45) is 91.1. The number of carbonyl (C=O) groups is 4. The Kier molecular flexibility index (Phi) is 73.9. The fourth-order valence-electron chi connectivity index (χ4n) is 10.2. The van der Waals surface area contributed by atoms with Crippen LogP contribution < -0.4 is 0 Å². The van der Waals surface area contributed by atoms with Crippen LogP contribution in [0.15, 0.2) is 158 Å². The Balaban J connectivity index is 5.51. The summed E-state index contributed by atoms with van der Waals surface area (Å²) in [6, 6.07) is 0. The molecule has 0 aromatic rings. The van der Waals surface area contributed by atoms with Crippen molar-refractivity contribution in [3.63, 3.8) is 0 Å². The number of aliphatic hydroxyl groups excluding tert-OH is 1. The van der Waals surface area contributed by atoms with Gasteiger partial charge in [-0.1, -0.05) is 282 Å². The van der Waals surface area contributed by atoms with Gasteiger partial charge < -0.3 is 33.8 Å². The first kappa shape index (κ1) is 101. The van der Waals surface area contributed by atoms with Crippen LogP contribution in [-0.2, 0) is 65.4 Å². The van der Waals surface area contributed by atoms with Crippen LogP contribution in [0.5, 0.6) is 0 Å². The summed E-state index contributed by atoms with van der Waals surface area (Å²) in [7, 11) is -10.0. The van der Waals surface area contributed by atoms with Gasteiger partial charge in [0.05, 0.1) is 26.4 Å². The highest BCUT2D eigenvalue weighted by atomic mass is 31.2. The number of rotatable bonds is 75. The van der Waals surface area contributed by atoms with Crippen LogP contribution in [0.3, 0.4) is 0 Å². The van der Waals surface area contributed by atoms with E-state index in [9.17, 15) is 43.2 Å². The van der Waals surface area contributed by atoms with E-state index in [1.54, 1.807) is 0 Å². The van der Waals surface area contributed by atoms with Gasteiger partial charge in [-0.25, -0.2) is 9.13 Å². The molecule has 604 valence electrons. The van der Waals surface area contributed by atoms with Crippen LogP contribution in [0.2, 0.25) is 0 Å². The van der Waals surface area contributed by atoms with Crippen LogP contribution in [-0.4, -0.2) is 96.7 Å². The minimum atomic E-state index is -5.01. The number of hydrogen-bond acceptors (Lipinski definition) is 15. The summed E-state index contributed by atoms with van der Waals surface area (Å²) in [5.74, 6) is -2.40. The molecule has 0 rings (SSSR count). The van der Waals surface area contributed by atoms with E-state index in [2.05, 4.69) is 149 Å². The largest absolute Gasteiger partial charge is 0.472 e. The maximum atomic E-state index is 13.1. The zero-order valence-corrected chi connectivity index (χ0v) is 67.8. The van der Waals surface area contributed by atoms with Gasteiger partial charge in [-0.05, 0) is 161 Å². The number of unbranched alkanes of at least 4 members (excludes halogenated alkanes) is 23. The zero-order valence-electron chi connectivity index (χ0n) is 66.1. The van der Waals surface area contributed by atoms with Crippen molar-refractivity contribution < 1.29 is 80.2 Å². The van der Waals surface area contributed by atoms with Gasteiger partial charge in [-0.15, -0.1) is 0 Å². The maximum absolute atomic E-state index is 13.1. The molecular formula is C87H144O17P2. The van der Waals surface area contributed by atoms with Crippen molar-refractivity contribution in [3.8, 4) is 0 Å². The van der Waals surface area contributed by atoms with Gasteiger partial charge in [-0.3, -0.25) is 37.3 Å². The van der Waals surface area contributed by atoms with Crippen molar-refractivity contribution in [1.29, 1.82) is 0 Å². The molecule has 5 atom stereocenters. The second-order valence-electron chi connectivity index (χ2n) is 26.6. The van der Waals surface area contributed by atoms with E-state index >= 15 is 0 Å². The topological polar surface area (TPSA) is 237 Å². The number of esters is 4. The number of allylic oxidation sites excluding steroid dienone is 26. The van der Waals surface area contributed by atoms with Gasteiger partial charge in [0.25, 0.3) is 0 Å². The Morgan fingerprint density at radius 1 is 0.264 bits per heavy atom. The number of aliphatic hydroxyl groups is 1. The lowest BCUT2D eigenvalue weighted by molar-refractivity contribution is -0.161. The molecule has 0 saturated carbocycles. The van der Waals surface area contributed by atoms with Gasteiger partial charge in [0, 0.05) is 25.7 Å². The summed E-state index contributed by atoms with van der Waals surface area (Å²) < 4.78 is 68.4. The smallest absolute Gasteiger partial charge is 0.462 e. The lowest BCUT2D eigenvalue weighted by atomic mass is 10.1. The predicted molar refractivity (Wildman–Crippen MR) is 436 cm³/mol. The Labute approximate surface area is 642 Å². The molecule has 0 amide bonds. The third-order valence-electron chi connectivity index (χ3n) is 16.5. The standard InChI is InChI=1S/C87H144O17P2/c1-5-9-13-17-21-25-29-33-36-38-40-42-45-48-52-56-60-64-68-72-85(90)98-78-83(103-86(91)73-69-65-61-57-53-49-44-35-31-27-23-19-15-11-7-3)80-102-106(95,96)100-76-81(88)75-99-105(93,94)101-79-82(77-97-84(89)71-67-63-59-55-51-47-32-28-24-20-16-12-8-4)104-87(92)74-70-66-62-58-54-50-46-43-41-39-37-34-30-26-22-18-14-10-6-2/h21-23,25-28,32-37,40-44,48,50,52,54,60,62,64,66,81-83,88H,5-20,24,29-31,38-39,45-47,49,51,53,55-59,61,63,65,67-80H2,1-4H3,(H,93,94)(H,95,96)/b25-21-,26-22-,27-23-,32-28-,36-33-,37-34-,42-40-,43-41-,44-35-,52-48-,54-50-,64-60-,66-62-/t81-,82+,83+/m0/s1. The minimum absolute atomic E-state index is 0.0286. The molecule has 0 fully saturated rings. The number of phosphoric ester groups is 2. The van der Waals surface area contributed by atoms with Gasteiger partial charge >= 0.3 is 39.5 Å². The maximum Gasteiger partial charge on any atom is 0.472 e. The molecule has 3 N–H and O–H groups in total. The molecule has 0 bridgehead atoms. The van der Waals surface area contributed by atoms with E-state index in [1.165, 1.54) is 83.5 Å². The predicted octanol–water partition coefficient (Wildman–Crippen LogP) is 24.0. The molecule has 0 aliphatic carbocycles. The van der Waals surface area contributed by atoms with Crippen LogP contribution in [0.4, 0.5) is 0 Å². The van der Waals surface area contributed by atoms with Crippen molar-refractivity contribution in [3.05, 3.63) is 158 Å². The second kappa shape index (κ2) is 77.8. The molecular weight excluding hydrogens is 1380 g/mol. The monoisotopic (exact) mass is 1520 g/mol. The lowest BCUT2D eigenvalue weighted by Gasteiger charge is -2.21. The Morgan fingerprint density at radius 2 is 0.481 bits per heavy atom. The van der Waals surface area contributed by atoms with E-state index in [0.717, 1.165) is 135 Å². The van der Waals surface area contributed by atoms with Crippen molar-refractivity contribution in [2.45, 2.75) is 329 Å². The highest BCUT2D eigenvalue weighted by Crippen LogP contribution is 2.45. The number of ether oxygens (including phenoxy) is 4. The van der Waals surface area contributed by atoms with E-state index in [4.69, 9.17) is 37.0 Å². The number of hydrogen-bond donors (Lipinski definition) is 3. The first-order valence-corrected chi connectivity index (χ1v) is 43.7. The molecule has 0 aliphatic heterocycles. The van der Waals surface area contributed by atoms with Crippen molar-refractivity contribution >= 4 is 39.5 Å². The summed E-state index contributed by atoms with van der Waals surface area (Å²) in [5, 5.41) is 10.6. The SMILES string of the molecule is CCCCC/C=C\C/C=C\C/C=C\C/C=C\C/C=C\CCC(=O)OC[C@H](COP(=O)(O)OC[C@@H](O)COP(=O)(O)OC[C@@H](COC(=O)CCCCCCC/C=C\CCCCCC)OC(=O)CC/C=C\C/C=C\C/C=C\C/C=C\C/C=C\CCCCC)OC(=O)CCCCCCC/C=C\C/C=C\CCCCC. The third-order valence-corrected chi connectivity index (χ3v) is 18.4. The molecule has 0 spiro atoms. The molecule has 106 heavy (non-hydrogen) atoms. The number of phosphoric acid groups is 2. The van der Waals surface area contributed by atoms with Gasteiger partial charge in [0.2, 0.25) is 0 Å². The normalized spacial score (nSPS) is 14.7. The van der Waals surface area contributed by atoms with Crippen molar-refractivity contribution in [1.82, 2.24) is 0 Å². The second-order valence-corrected chi connectivity index (χ2v) is 29.5. The fourth-order valence-corrected chi connectivity index (χ4v) is 11.8. The van der Waals surface area contributed by atoms with E-state index < -0.39 is 97.5 Å². The Morgan fingerprint density at radius 3 is 0.811 bits per heavy atom. The Hall–Kier alpha value is -5.32. The van der Waals surface area contributed by atoms with Crippen LogP contribution in [0, 0.1) is 0 Å². The van der Waals surface area contributed by atoms with Crippen molar-refractivity contribution in [2.75, 3.05) is 39.6 Å². The van der Waals surface area contributed by atoms with Crippen LogP contribution >= 0.6 is 15.6 Å². The van der Waals surface area contributed by atoms with Crippen molar-refractivity contribution in [2.24, 2.45) is 0 Å². The summed E-state index contributed by atoms with van der Waals surface area (Å²) >= 11 is 0. The van der Waals surface area contributed by atoms with Gasteiger partial charge in [-0.2, -0.15) is 0 Å². The molecule has 17 nitrogen and oxygen atoms in total. The summed E-state index contributed by atoms with van der Waals surface area (Å²) in [6.45, 7) is 4.58. The summed E-state index contributed by atoms with van der Waals surface area (Å²) in [5.41, 5.74) is 0. The molecule has 2 unspecified atom stereocenters. The zero-order chi connectivity index (χ0) is 77.4. The minimum Gasteiger partial charge on any atom is -0.462 e. The van der Waals surface area contributed by atoms with Crippen LogP contribution in [0.25, 0.3) is 0 Å². The first-order chi connectivity index (χ1) is 51.7. The molecule has 0 saturated heterocycles. The quantitative estimate of drug-likeness (QED) is 0.0169. The molecule has 0 radical (unpaired) electrons. The number of carbonyl (C=O) groups excluding carboxylic acids is 4.